The molecule has 0 fully saturated rings. The molecule has 0 aliphatic heterocycles. The number of para-hydroxylation sites is 1. The lowest BCUT2D eigenvalue weighted by Crippen LogP contribution is -2.26. The molecular formula is C18H18N4O2S. The predicted octanol–water partition coefficient (Wildman–Crippen LogP) is 2.32. The van der Waals surface area contributed by atoms with Gasteiger partial charge in [0.25, 0.3) is 5.56 Å². The van der Waals surface area contributed by atoms with Gasteiger partial charge in [0.05, 0.1) is 16.7 Å². The Bertz CT molecular complexity index is 967. The first-order valence-corrected chi connectivity index (χ1v) is 8.93. The van der Waals surface area contributed by atoms with E-state index in [1.807, 2.05) is 26.0 Å². The van der Waals surface area contributed by atoms with E-state index in [1.165, 1.54) is 16.3 Å². The summed E-state index contributed by atoms with van der Waals surface area (Å²) in [6.45, 7) is 4.36. The maximum atomic E-state index is 13.0. The number of aryl methyl sites for hydroxylation is 1. The average Bonchev–Trinajstić information content (AvgIpc) is 2.61. The zero-order valence-electron chi connectivity index (χ0n) is 14.0. The third-order valence-corrected chi connectivity index (χ3v) is 4.51. The number of nitrogens with zero attached hydrogens (tertiary/aromatic N) is 3. The Morgan fingerprint density at radius 2 is 2.04 bits per heavy atom. The molecule has 1 N–H and O–H groups in total. The second-order valence-corrected chi connectivity index (χ2v) is 6.43. The number of benzene rings is 1. The maximum Gasteiger partial charge on any atom is 0.267 e. The van der Waals surface area contributed by atoms with Crippen LogP contribution in [0, 0.1) is 6.92 Å². The summed E-state index contributed by atoms with van der Waals surface area (Å²) in [6.07, 6.45) is 1.70. The standard InChI is InChI=1S/C18H18N4O2S/c1-3-19-16(23)11-25-18-21-14-7-5-4-6-13(14)17(24)22(18)15-9-8-12(2)10-20-15/h4-10H,3,11H2,1-2H3,(H,19,23). The van der Waals surface area contributed by atoms with Crippen LogP contribution in [-0.2, 0) is 4.79 Å². The SMILES string of the molecule is CCNC(=O)CSc1nc2ccccc2c(=O)n1-c1ccc(C)cn1. The normalized spacial score (nSPS) is 10.8. The predicted molar refractivity (Wildman–Crippen MR) is 99.3 cm³/mol. The van der Waals surface area contributed by atoms with Crippen molar-refractivity contribution < 1.29 is 4.79 Å². The molecule has 2 aromatic heterocycles. The highest BCUT2D eigenvalue weighted by Gasteiger charge is 2.15. The highest BCUT2D eigenvalue weighted by Crippen LogP contribution is 2.20. The zero-order valence-corrected chi connectivity index (χ0v) is 14.8. The van der Waals surface area contributed by atoms with E-state index >= 15 is 0 Å². The fraction of sp³-hybridized carbons (Fsp3) is 0.222. The molecule has 3 rings (SSSR count). The molecule has 0 saturated heterocycles. The van der Waals surface area contributed by atoms with Crippen molar-refractivity contribution in [1.29, 1.82) is 0 Å². The van der Waals surface area contributed by atoms with Crippen LogP contribution in [0.5, 0.6) is 0 Å². The highest BCUT2D eigenvalue weighted by molar-refractivity contribution is 7.99. The van der Waals surface area contributed by atoms with Gasteiger partial charge in [-0.3, -0.25) is 9.59 Å². The van der Waals surface area contributed by atoms with Crippen LogP contribution in [0.2, 0.25) is 0 Å². The summed E-state index contributed by atoms with van der Waals surface area (Å²) >= 11 is 1.22. The molecule has 0 saturated carbocycles. The molecule has 1 aromatic carbocycles. The van der Waals surface area contributed by atoms with E-state index in [9.17, 15) is 9.59 Å². The summed E-state index contributed by atoms with van der Waals surface area (Å²) in [5.74, 6) is 0.579. The lowest BCUT2D eigenvalue weighted by atomic mass is 10.2. The van der Waals surface area contributed by atoms with Gasteiger partial charge in [-0.15, -0.1) is 0 Å². The number of nitrogens with one attached hydrogen (secondary N) is 1. The average molecular weight is 354 g/mol. The first kappa shape index (κ1) is 17.2. The van der Waals surface area contributed by atoms with Crippen molar-refractivity contribution in [2.24, 2.45) is 0 Å². The van der Waals surface area contributed by atoms with Crippen LogP contribution in [-0.4, -0.2) is 32.7 Å². The van der Waals surface area contributed by atoms with E-state index in [0.717, 1.165) is 5.56 Å². The minimum Gasteiger partial charge on any atom is -0.356 e. The van der Waals surface area contributed by atoms with E-state index in [-0.39, 0.29) is 17.2 Å². The number of rotatable bonds is 5. The van der Waals surface area contributed by atoms with Gasteiger partial charge in [-0.25, -0.2) is 14.5 Å². The Labute approximate surface area is 149 Å². The topological polar surface area (TPSA) is 76.9 Å². The minimum atomic E-state index is -0.194. The van der Waals surface area contributed by atoms with Crippen molar-refractivity contribution in [2.45, 2.75) is 19.0 Å². The molecule has 0 spiro atoms. The van der Waals surface area contributed by atoms with E-state index in [4.69, 9.17) is 0 Å². The number of pyridine rings is 1. The van der Waals surface area contributed by atoms with Crippen molar-refractivity contribution >= 4 is 28.6 Å². The van der Waals surface area contributed by atoms with Gasteiger partial charge < -0.3 is 5.32 Å². The van der Waals surface area contributed by atoms with Crippen LogP contribution in [0.15, 0.2) is 52.5 Å². The van der Waals surface area contributed by atoms with Gasteiger partial charge >= 0.3 is 0 Å². The van der Waals surface area contributed by atoms with Gasteiger partial charge in [-0.1, -0.05) is 30.0 Å². The van der Waals surface area contributed by atoms with E-state index in [1.54, 1.807) is 30.5 Å². The number of thioether (sulfide) groups is 1. The third-order valence-electron chi connectivity index (χ3n) is 3.58. The van der Waals surface area contributed by atoms with Crippen LogP contribution in [0.4, 0.5) is 0 Å². The fourth-order valence-corrected chi connectivity index (χ4v) is 3.21. The van der Waals surface area contributed by atoms with Crippen LogP contribution >= 0.6 is 11.8 Å². The van der Waals surface area contributed by atoms with Crippen LogP contribution in [0.1, 0.15) is 12.5 Å². The van der Waals surface area contributed by atoms with Crippen molar-refractivity contribution in [1.82, 2.24) is 19.9 Å². The maximum absolute atomic E-state index is 13.0. The van der Waals surface area contributed by atoms with Crippen LogP contribution < -0.4 is 10.9 Å². The van der Waals surface area contributed by atoms with Crippen molar-refractivity contribution in [3.8, 4) is 5.82 Å². The molecule has 25 heavy (non-hydrogen) atoms. The Morgan fingerprint density at radius 3 is 2.76 bits per heavy atom. The van der Waals surface area contributed by atoms with E-state index in [2.05, 4.69) is 15.3 Å². The van der Waals surface area contributed by atoms with E-state index in [0.29, 0.717) is 28.4 Å². The van der Waals surface area contributed by atoms with Gasteiger partial charge in [-0.05, 0) is 37.6 Å². The minimum absolute atomic E-state index is 0.0988. The first-order valence-electron chi connectivity index (χ1n) is 7.94. The van der Waals surface area contributed by atoms with Gasteiger partial charge in [0.2, 0.25) is 5.91 Å². The van der Waals surface area contributed by atoms with Crippen molar-refractivity contribution in [2.75, 3.05) is 12.3 Å². The molecule has 3 aromatic rings. The Balaban J connectivity index is 2.12. The Hall–Kier alpha value is -2.67. The number of carbonyl (C=O) groups is 1. The summed E-state index contributed by atoms with van der Waals surface area (Å²) < 4.78 is 1.46. The quantitative estimate of drug-likeness (QED) is 0.562. The number of hydrogen-bond donors (Lipinski definition) is 1. The molecule has 0 bridgehead atoms. The molecule has 0 radical (unpaired) electrons. The highest BCUT2D eigenvalue weighted by atomic mass is 32.2. The zero-order chi connectivity index (χ0) is 17.8. The van der Waals surface area contributed by atoms with Gasteiger partial charge in [0, 0.05) is 12.7 Å². The monoisotopic (exact) mass is 354 g/mol. The molecule has 6 nitrogen and oxygen atoms in total. The van der Waals surface area contributed by atoms with Gasteiger partial charge in [0.1, 0.15) is 5.82 Å². The van der Waals surface area contributed by atoms with Crippen LogP contribution in [0.3, 0.4) is 0 Å². The smallest absolute Gasteiger partial charge is 0.267 e. The molecule has 0 unspecified atom stereocenters. The number of carbonyl (C=O) groups excluding carboxylic acids is 1. The molecule has 2 heterocycles. The summed E-state index contributed by atoms with van der Waals surface area (Å²) in [4.78, 5) is 33.7. The molecular weight excluding hydrogens is 336 g/mol. The fourth-order valence-electron chi connectivity index (χ4n) is 2.38. The molecule has 1 amide bonds. The summed E-state index contributed by atoms with van der Waals surface area (Å²) in [5.41, 5.74) is 1.41. The number of amides is 1. The molecule has 128 valence electrons. The van der Waals surface area contributed by atoms with Gasteiger partial charge in [0.15, 0.2) is 5.16 Å². The van der Waals surface area contributed by atoms with E-state index < -0.39 is 0 Å². The van der Waals surface area contributed by atoms with Crippen molar-refractivity contribution in [3.63, 3.8) is 0 Å². The summed E-state index contributed by atoms with van der Waals surface area (Å²) in [7, 11) is 0. The molecule has 0 aliphatic rings. The molecule has 0 aliphatic carbocycles. The van der Waals surface area contributed by atoms with Crippen LogP contribution in [0.25, 0.3) is 16.7 Å². The first-order chi connectivity index (χ1) is 12.1. The summed E-state index contributed by atoms with van der Waals surface area (Å²) in [6, 6.07) is 10.8. The number of hydrogen-bond acceptors (Lipinski definition) is 5. The lowest BCUT2D eigenvalue weighted by molar-refractivity contribution is -0.118. The Morgan fingerprint density at radius 1 is 1.24 bits per heavy atom. The second-order valence-electron chi connectivity index (χ2n) is 5.49. The van der Waals surface area contributed by atoms with Crippen molar-refractivity contribution in [3.05, 3.63) is 58.5 Å². The molecule has 0 atom stereocenters. The summed E-state index contributed by atoms with van der Waals surface area (Å²) in [5, 5.41) is 3.71. The lowest BCUT2D eigenvalue weighted by Gasteiger charge is -2.12. The van der Waals surface area contributed by atoms with Gasteiger partial charge in [-0.2, -0.15) is 0 Å². The Kier molecular flexibility index (Phi) is 5.14. The second kappa shape index (κ2) is 7.48. The molecule has 7 heteroatoms. The number of fused-ring (bicyclic) bond motifs is 1. The number of aromatic nitrogens is 3. The largest absolute Gasteiger partial charge is 0.356 e. The third kappa shape index (κ3) is 3.71.